The van der Waals surface area contributed by atoms with E-state index in [0.29, 0.717) is 28.9 Å². The SMILES string of the molecule is C=CCn1c(SCC(=O)Nc2cc(OC)cc(OC)c2)nnc1-c1cccc(C)c1. The molecule has 1 heterocycles. The Hall–Kier alpha value is -3.26. The molecule has 156 valence electrons. The van der Waals surface area contributed by atoms with Crippen LogP contribution in [0.5, 0.6) is 11.5 Å². The summed E-state index contributed by atoms with van der Waals surface area (Å²) in [7, 11) is 3.13. The fraction of sp³-hybridized carbons (Fsp3) is 0.227. The average Bonchev–Trinajstić information content (AvgIpc) is 3.14. The molecule has 0 bridgehead atoms. The number of methoxy groups -OCH3 is 2. The van der Waals surface area contributed by atoms with Crippen molar-refractivity contribution in [3.63, 3.8) is 0 Å². The number of ether oxygens (including phenoxy) is 2. The topological polar surface area (TPSA) is 78.3 Å². The lowest BCUT2D eigenvalue weighted by molar-refractivity contribution is -0.113. The summed E-state index contributed by atoms with van der Waals surface area (Å²) in [5, 5.41) is 12.1. The highest BCUT2D eigenvalue weighted by Crippen LogP contribution is 2.27. The van der Waals surface area contributed by atoms with E-state index in [9.17, 15) is 4.79 Å². The van der Waals surface area contributed by atoms with Gasteiger partial charge >= 0.3 is 0 Å². The van der Waals surface area contributed by atoms with E-state index in [1.54, 1.807) is 38.5 Å². The van der Waals surface area contributed by atoms with E-state index in [-0.39, 0.29) is 11.7 Å². The maximum atomic E-state index is 12.5. The third-order valence-electron chi connectivity index (χ3n) is 4.27. The van der Waals surface area contributed by atoms with Crippen LogP contribution in [0, 0.1) is 6.92 Å². The zero-order valence-corrected chi connectivity index (χ0v) is 18.0. The molecule has 8 heteroatoms. The van der Waals surface area contributed by atoms with Gasteiger partial charge in [0, 0.05) is 36.0 Å². The van der Waals surface area contributed by atoms with Crippen LogP contribution in [-0.4, -0.2) is 40.6 Å². The lowest BCUT2D eigenvalue weighted by Crippen LogP contribution is -2.15. The van der Waals surface area contributed by atoms with Crippen LogP contribution in [0.4, 0.5) is 5.69 Å². The molecule has 7 nitrogen and oxygen atoms in total. The van der Waals surface area contributed by atoms with Gasteiger partial charge in [0.05, 0.1) is 20.0 Å². The average molecular weight is 425 g/mol. The standard InChI is InChI=1S/C22H24N4O3S/c1-5-9-26-21(16-8-6-7-15(2)10-16)24-25-22(26)30-14-20(27)23-17-11-18(28-3)13-19(12-17)29-4/h5-8,10-13H,1,9,14H2,2-4H3,(H,23,27). The maximum absolute atomic E-state index is 12.5. The number of nitrogens with zero attached hydrogens (tertiary/aromatic N) is 3. The maximum Gasteiger partial charge on any atom is 0.234 e. The zero-order chi connectivity index (χ0) is 21.5. The lowest BCUT2D eigenvalue weighted by atomic mass is 10.1. The Labute approximate surface area is 180 Å². The summed E-state index contributed by atoms with van der Waals surface area (Å²) in [6.07, 6.45) is 1.79. The third kappa shape index (κ3) is 5.21. The van der Waals surface area contributed by atoms with Crippen molar-refractivity contribution < 1.29 is 14.3 Å². The molecule has 3 rings (SSSR count). The van der Waals surface area contributed by atoms with Crippen LogP contribution < -0.4 is 14.8 Å². The summed E-state index contributed by atoms with van der Waals surface area (Å²) in [6, 6.07) is 13.3. The minimum Gasteiger partial charge on any atom is -0.497 e. The van der Waals surface area contributed by atoms with E-state index in [1.807, 2.05) is 29.7 Å². The number of thioether (sulfide) groups is 1. The van der Waals surface area contributed by atoms with Crippen molar-refractivity contribution in [2.45, 2.75) is 18.6 Å². The fourth-order valence-corrected chi connectivity index (χ4v) is 3.64. The number of carbonyl (C=O) groups is 1. The van der Waals surface area contributed by atoms with Crippen LogP contribution in [0.3, 0.4) is 0 Å². The van der Waals surface area contributed by atoms with Crippen molar-refractivity contribution in [3.8, 4) is 22.9 Å². The minimum atomic E-state index is -0.166. The summed E-state index contributed by atoms with van der Waals surface area (Å²) >= 11 is 1.32. The van der Waals surface area contributed by atoms with Crippen LogP contribution in [-0.2, 0) is 11.3 Å². The van der Waals surface area contributed by atoms with Crippen molar-refractivity contribution in [1.29, 1.82) is 0 Å². The number of hydrogen-bond donors (Lipinski definition) is 1. The molecule has 1 aromatic heterocycles. The Balaban J connectivity index is 1.72. The van der Waals surface area contributed by atoms with Crippen molar-refractivity contribution in [2.75, 3.05) is 25.3 Å². The highest BCUT2D eigenvalue weighted by atomic mass is 32.2. The summed E-state index contributed by atoms with van der Waals surface area (Å²) in [6.45, 7) is 6.41. The number of aromatic nitrogens is 3. The Morgan fingerprint density at radius 3 is 2.53 bits per heavy atom. The molecule has 0 aliphatic rings. The van der Waals surface area contributed by atoms with Gasteiger partial charge < -0.3 is 14.8 Å². The Kier molecular flexibility index (Phi) is 7.13. The molecule has 0 radical (unpaired) electrons. The monoisotopic (exact) mass is 424 g/mol. The molecular formula is C22H24N4O3S. The zero-order valence-electron chi connectivity index (χ0n) is 17.2. The molecule has 0 atom stereocenters. The van der Waals surface area contributed by atoms with Gasteiger partial charge in [-0.05, 0) is 13.0 Å². The van der Waals surface area contributed by atoms with E-state index in [2.05, 4.69) is 28.2 Å². The van der Waals surface area contributed by atoms with E-state index in [0.717, 1.165) is 17.0 Å². The predicted molar refractivity (Wildman–Crippen MR) is 119 cm³/mol. The van der Waals surface area contributed by atoms with E-state index in [1.165, 1.54) is 11.8 Å². The molecule has 0 aliphatic heterocycles. The molecule has 0 spiro atoms. The first-order chi connectivity index (χ1) is 14.5. The van der Waals surface area contributed by atoms with Crippen LogP contribution in [0.2, 0.25) is 0 Å². The molecule has 0 saturated heterocycles. The molecule has 1 N–H and O–H groups in total. The Morgan fingerprint density at radius 1 is 1.17 bits per heavy atom. The predicted octanol–water partition coefficient (Wildman–Crippen LogP) is 4.19. The fourth-order valence-electron chi connectivity index (χ4n) is 2.89. The van der Waals surface area contributed by atoms with Crippen molar-refractivity contribution in [3.05, 3.63) is 60.7 Å². The number of rotatable bonds is 9. The largest absolute Gasteiger partial charge is 0.497 e. The number of anilines is 1. The lowest BCUT2D eigenvalue weighted by Gasteiger charge is -2.10. The van der Waals surface area contributed by atoms with Gasteiger partial charge in [0.25, 0.3) is 0 Å². The molecule has 30 heavy (non-hydrogen) atoms. The second-order valence-corrected chi connectivity index (χ2v) is 7.46. The van der Waals surface area contributed by atoms with E-state index >= 15 is 0 Å². The number of benzene rings is 2. The van der Waals surface area contributed by atoms with E-state index < -0.39 is 0 Å². The van der Waals surface area contributed by atoms with Gasteiger partial charge in [0.15, 0.2) is 11.0 Å². The van der Waals surface area contributed by atoms with Gasteiger partial charge in [-0.2, -0.15) is 0 Å². The highest BCUT2D eigenvalue weighted by Gasteiger charge is 2.15. The van der Waals surface area contributed by atoms with Crippen molar-refractivity contribution >= 4 is 23.4 Å². The number of allylic oxidation sites excluding steroid dienone is 1. The normalized spacial score (nSPS) is 10.5. The van der Waals surface area contributed by atoms with Crippen molar-refractivity contribution in [2.24, 2.45) is 0 Å². The highest BCUT2D eigenvalue weighted by molar-refractivity contribution is 7.99. The minimum absolute atomic E-state index is 0.166. The first kappa shape index (κ1) is 21.4. The summed E-state index contributed by atoms with van der Waals surface area (Å²) in [5.41, 5.74) is 2.72. The molecule has 0 aliphatic carbocycles. The second kappa shape index (κ2) is 9.98. The summed E-state index contributed by atoms with van der Waals surface area (Å²) < 4.78 is 12.4. The molecule has 2 aromatic carbocycles. The second-order valence-electron chi connectivity index (χ2n) is 6.51. The van der Waals surface area contributed by atoms with Gasteiger partial charge in [0.1, 0.15) is 11.5 Å². The van der Waals surface area contributed by atoms with Gasteiger partial charge in [-0.3, -0.25) is 9.36 Å². The Morgan fingerprint density at radius 2 is 1.90 bits per heavy atom. The van der Waals surface area contributed by atoms with Crippen LogP contribution in [0.1, 0.15) is 5.56 Å². The first-order valence-corrected chi connectivity index (χ1v) is 10.3. The Bertz CT molecular complexity index is 1030. The van der Waals surface area contributed by atoms with Gasteiger partial charge in [0.2, 0.25) is 5.91 Å². The number of carbonyl (C=O) groups excluding carboxylic acids is 1. The molecular weight excluding hydrogens is 400 g/mol. The first-order valence-electron chi connectivity index (χ1n) is 9.31. The number of hydrogen-bond acceptors (Lipinski definition) is 6. The van der Waals surface area contributed by atoms with E-state index in [4.69, 9.17) is 9.47 Å². The third-order valence-corrected chi connectivity index (χ3v) is 5.24. The quantitative estimate of drug-likeness (QED) is 0.410. The van der Waals surface area contributed by atoms with Crippen LogP contribution in [0.15, 0.2) is 60.3 Å². The summed E-state index contributed by atoms with van der Waals surface area (Å²) in [4.78, 5) is 12.5. The molecule has 3 aromatic rings. The smallest absolute Gasteiger partial charge is 0.234 e. The molecule has 0 fully saturated rings. The summed E-state index contributed by atoms with van der Waals surface area (Å²) in [5.74, 6) is 1.97. The van der Waals surface area contributed by atoms with Gasteiger partial charge in [-0.15, -0.1) is 16.8 Å². The van der Waals surface area contributed by atoms with Crippen LogP contribution in [0.25, 0.3) is 11.4 Å². The number of amides is 1. The van der Waals surface area contributed by atoms with Crippen LogP contribution >= 0.6 is 11.8 Å². The van der Waals surface area contributed by atoms with Crippen molar-refractivity contribution in [1.82, 2.24) is 14.8 Å². The van der Waals surface area contributed by atoms with Gasteiger partial charge in [-0.25, -0.2) is 0 Å². The molecule has 0 unspecified atom stereocenters. The van der Waals surface area contributed by atoms with Gasteiger partial charge in [-0.1, -0.05) is 41.6 Å². The number of nitrogens with one attached hydrogen (secondary N) is 1. The molecule has 0 saturated carbocycles. The number of aryl methyl sites for hydroxylation is 1. The molecule has 1 amide bonds.